The second-order valence-corrected chi connectivity index (χ2v) is 4.38. The zero-order chi connectivity index (χ0) is 12.4. The lowest BCUT2D eigenvalue weighted by Gasteiger charge is -2.37. The molecule has 94 valence electrons. The highest BCUT2D eigenvalue weighted by Crippen LogP contribution is 2.14. The molecule has 1 aromatic rings. The average Bonchev–Trinajstić information content (AvgIpc) is 2.76. The van der Waals surface area contributed by atoms with Gasteiger partial charge < -0.3 is 14.7 Å². The summed E-state index contributed by atoms with van der Waals surface area (Å²) < 4.78 is 5.39. The number of carbonyl (C=O) groups is 1. The number of hydrogen-bond acceptors (Lipinski definition) is 4. The van der Waals surface area contributed by atoms with Gasteiger partial charge in [-0.05, 0) is 19.9 Å². The molecule has 2 atom stereocenters. The van der Waals surface area contributed by atoms with E-state index in [0.717, 1.165) is 5.69 Å². The molecule has 1 fully saturated rings. The molecular formula is C11H17N3O3. The second kappa shape index (κ2) is 4.85. The number of nitrogens with zero attached hydrogens (tertiary/aromatic N) is 2. The van der Waals surface area contributed by atoms with Crippen LogP contribution in [0.4, 0.5) is 0 Å². The summed E-state index contributed by atoms with van der Waals surface area (Å²) in [5.41, 5.74) is 1.26. The SMILES string of the molecule is Cc1cc(C(=O)N2CC(CO)OCC2C)n[nH]1. The number of morpholine rings is 1. The van der Waals surface area contributed by atoms with Gasteiger partial charge in [0, 0.05) is 12.2 Å². The maximum Gasteiger partial charge on any atom is 0.274 e. The molecule has 17 heavy (non-hydrogen) atoms. The number of H-pyrrole nitrogens is 1. The number of aliphatic hydroxyl groups is 1. The summed E-state index contributed by atoms with van der Waals surface area (Å²) >= 11 is 0. The minimum absolute atomic E-state index is 0.00214. The van der Waals surface area contributed by atoms with E-state index in [1.54, 1.807) is 11.0 Å². The van der Waals surface area contributed by atoms with E-state index in [1.807, 2.05) is 13.8 Å². The Balaban J connectivity index is 2.12. The van der Waals surface area contributed by atoms with Crippen LogP contribution in [-0.2, 0) is 4.74 Å². The van der Waals surface area contributed by atoms with Crippen molar-refractivity contribution in [2.24, 2.45) is 0 Å². The largest absolute Gasteiger partial charge is 0.394 e. The Morgan fingerprint density at radius 2 is 2.53 bits per heavy atom. The molecule has 0 bridgehead atoms. The van der Waals surface area contributed by atoms with Gasteiger partial charge in [0.05, 0.1) is 25.4 Å². The number of aryl methyl sites for hydroxylation is 1. The van der Waals surface area contributed by atoms with E-state index >= 15 is 0 Å². The number of aromatic amines is 1. The molecule has 1 saturated heterocycles. The lowest BCUT2D eigenvalue weighted by molar-refractivity contribution is -0.0668. The van der Waals surface area contributed by atoms with E-state index in [-0.39, 0.29) is 24.7 Å². The molecule has 6 heteroatoms. The molecule has 0 spiro atoms. The van der Waals surface area contributed by atoms with Gasteiger partial charge in [-0.2, -0.15) is 5.10 Å². The normalized spacial score (nSPS) is 25.0. The first-order valence-electron chi connectivity index (χ1n) is 5.67. The van der Waals surface area contributed by atoms with Crippen LogP contribution in [0.2, 0.25) is 0 Å². The number of carbonyl (C=O) groups excluding carboxylic acids is 1. The molecule has 0 aromatic carbocycles. The molecular weight excluding hydrogens is 222 g/mol. The van der Waals surface area contributed by atoms with Crippen LogP contribution in [-0.4, -0.2) is 58.0 Å². The van der Waals surface area contributed by atoms with Gasteiger partial charge in [0.2, 0.25) is 0 Å². The van der Waals surface area contributed by atoms with Gasteiger partial charge in [0.25, 0.3) is 5.91 Å². The molecule has 2 rings (SSSR count). The highest BCUT2D eigenvalue weighted by molar-refractivity contribution is 5.92. The summed E-state index contributed by atoms with van der Waals surface area (Å²) in [6.07, 6.45) is -0.296. The molecule has 6 nitrogen and oxygen atoms in total. The molecule has 2 unspecified atom stereocenters. The Morgan fingerprint density at radius 1 is 1.76 bits per heavy atom. The van der Waals surface area contributed by atoms with Gasteiger partial charge in [-0.15, -0.1) is 0 Å². The number of ether oxygens (including phenoxy) is 1. The first-order chi connectivity index (χ1) is 8.11. The topological polar surface area (TPSA) is 78.5 Å². The first kappa shape index (κ1) is 12.1. The Hall–Kier alpha value is -1.40. The zero-order valence-electron chi connectivity index (χ0n) is 10.0. The van der Waals surface area contributed by atoms with E-state index in [9.17, 15) is 4.79 Å². The number of aliphatic hydroxyl groups excluding tert-OH is 1. The molecule has 1 amide bonds. The first-order valence-corrected chi connectivity index (χ1v) is 5.67. The van der Waals surface area contributed by atoms with Crippen LogP contribution in [0.25, 0.3) is 0 Å². The van der Waals surface area contributed by atoms with Crippen molar-refractivity contribution >= 4 is 5.91 Å². The van der Waals surface area contributed by atoms with Crippen LogP contribution in [0.5, 0.6) is 0 Å². The summed E-state index contributed by atoms with van der Waals surface area (Å²) in [5, 5.41) is 15.8. The number of hydrogen-bond donors (Lipinski definition) is 2. The van der Waals surface area contributed by atoms with E-state index in [0.29, 0.717) is 18.8 Å². The van der Waals surface area contributed by atoms with Crippen LogP contribution < -0.4 is 0 Å². The number of rotatable bonds is 2. The van der Waals surface area contributed by atoms with E-state index in [4.69, 9.17) is 9.84 Å². The Bertz CT molecular complexity index is 404. The van der Waals surface area contributed by atoms with Crippen molar-refractivity contribution in [3.05, 3.63) is 17.5 Å². The third-order valence-electron chi connectivity index (χ3n) is 2.90. The summed E-state index contributed by atoms with van der Waals surface area (Å²) in [6, 6.07) is 1.72. The maximum absolute atomic E-state index is 12.2. The molecule has 0 aliphatic carbocycles. The van der Waals surface area contributed by atoms with Gasteiger partial charge in [0.15, 0.2) is 0 Å². The van der Waals surface area contributed by atoms with Crippen molar-refractivity contribution in [1.82, 2.24) is 15.1 Å². The quantitative estimate of drug-likeness (QED) is 0.758. The Labute approximate surface area is 99.6 Å². The van der Waals surface area contributed by atoms with Gasteiger partial charge >= 0.3 is 0 Å². The van der Waals surface area contributed by atoms with Crippen LogP contribution in [0.1, 0.15) is 23.1 Å². The predicted molar refractivity (Wildman–Crippen MR) is 60.6 cm³/mol. The Kier molecular flexibility index (Phi) is 3.44. The lowest BCUT2D eigenvalue weighted by Crippen LogP contribution is -2.52. The van der Waals surface area contributed by atoms with Gasteiger partial charge in [-0.3, -0.25) is 9.89 Å². The molecule has 0 saturated carbocycles. The van der Waals surface area contributed by atoms with E-state index in [2.05, 4.69) is 10.2 Å². The van der Waals surface area contributed by atoms with Crippen molar-refractivity contribution in [2.75, 3.05) is 19.8 Å². The fourth-order valence-electron chi connectivity index (χ4n) is 1.89. The molecule has 0 radical (unpaired) electrons. The maximum atomic E-state index is 12.2. The van der Waals surface area contributed by atoms with Gasteiger partial charge in [0.1, 0.15) is 5.69 Å². The molecule has 2 heterocycles. The highest BCUT2D eigenvalue weighted by atomic mass is 16.5. The minimum Gasteiger partial charge on any atom is -0.394 e. The number of aromatic nitrogens is 2. The Morgan fingerprint density at radius 3 is 3.12 bits per heavy atom. The number of nitrogens with one attached hydrogen (secondary N) is 1. The molecule has 1 aromatic heterocycles. The van der Waals surface area contributed by atoms with Crippen molar-refractivity contribution in [3.63, 3.8) is 0 Å². The predicted octanol–water partition coefficient (Wildman–Crippen LogP) is -0.0601. The van der Waals surface area contributed by atoms with Crippen molar-refractivity contribution < 1.29 is 14.6 Å². The lowest BCUT2D eigenvalue weighted by atomic mass is 10.2. The smallest absolute Gasteiger partial charge is 0.274 e. The zero-order valence-corrected chi connectivity index (χ0v) is 10.0. The van der Waals surface area contributed by atoms with Crippen LogP contribution in [0.15, 0.2) is 6.07 Å². The van der Waals surface area contributed by atoms with Crippen molar-refractivity contribution in [3.8, 4) is 0 Å². The van der Waals surface area contributed by atoms with Crippen LogP contribution in [0.3, 0.4) is 0 Å². The minimum atomic E-state index is -0.296. The van der Waals surface area contributed by atoms with Crippen molar-refractivity contribution in [1.29, 1.82) is 0 Å². The summed E-state index contributed by atoms with van der Waals surface area (Å²) in [7, 11) is 0. The van der Waals surface area contributed by atoms with Crippen LogP contribution in [0, 0.1) is 6.92 Å². The summed E-state index contributed by atoms with van der Waals surface area (Å²) in [6.45, 7) is 4.55. The second-order valence-electron chi connectivity index (χ2n) is 4.38. The monoisotopic (exact) mass is 239 g/mol. The summed E-state index contributed by atoms with van der Waals surface area (Å²) in [5.74, 6) is -0.122. The fraction of sp³-hybridized carbons (Fsp3) is 0.636. The van der Waals surface area contributed by atoms with E-state index < -0.39 is 0 Å². The van der Waals surface area contributed by atoms with Crippen LogP contribution >= 0.6 is 0 Å². The average molecular weight is 239 g/mol. The van der Waals surface area contributed by atoms with E-state index in [1.165, 1.54) is 0 Å². The molecule has 1 aliphatic heterocycles. The summed E-state index contributed by atoms with van der Waals surface area (Å²) in [4.78, 5) is 13.9. The number of amides is 1. The standard InChI is InChI=1S/C11H17N3O3/c1-7-3-10(13-12-7)11(16)14-4-9(5-15)17-6-8(14)2/h3,8-9,15H,4-6H2,1-2H3,(H,12,13). The third kappa shape index (κ3) is 2.48. The molecule has 2 N–H and O–H groups in total. The third-order valence-corrected chi connectivity index (χ3v) is 2.90. The van der Waals surface area contributed by atoms with Crippen molar-refractivity contribution in [2.45, 2.75) is 26.0 Å². The fourth-order valence-corrected chi connectivity index (χ4v) is 1.89. The van der Waals surface area contributed by atoms with Gasteiger partial charge in [-0.25, -0.2) is 0 Å². The van der Waals surface area contributed by atoms with Gasteiger partial charge in [-0.1, -0.05) is 0 Å². The molecule has 1 aliphatic rings. The highest BCUT2D eigenvalue weighted by Gasteiger charge is 2.30.